The van der Waals surface area contributed by atoms with Crippen LogP contribution in [0.3, 0.4) is 0 Å². The van der Waals surface area contributed by atoms with Gasteiger partial charge in [0.1, 0.15) is 0 Å². The zero-order chi connectivity index (χ0) is 15.2. The fourth-order valence-corrected chi connectivity index (χ4v) is 3.17. The van der Waals surface area contributed by atoms with Gasteiger partial charge in [0.2, 0.25) is 10.0 Å². The van der Waals surface area contributed by atoms with Gasteiger partial charge < -0.3 is 4.74 Å². The second-order valence-electron chi connectivity index (χ2n) is 4.53. The third-order valence-corrected chi connectivity index (χ3v) is 4.65. The Labute approximate surface area is 120 Å². The van der Waals surface area contributed by atoms with Crippen LogP contribution < -0.4 is 4.72 Å². The van der Waals surface area contributed by atoms with Crippen LogP contribution in [0.1, 0.15) is 32.3 Å². The van der Waals surface area contributed by atoms with E-state index < -0.39 is 10.0 Å². The normalized spacial score (nSPS) is 11.6. The SMILES string of the molecule is CCC(CC)NS(=O)(=O)c1ccc(CC(=O)OC)cc1. The number of sulfonamides is 1. The summed E-state index contributed by atoms with van der Waals surface area (Å²) in [5.41, 5.74) is 0.721. The smallest absolute Gasteiger partial charge is 0.309 e. The maximum absolute atomic E-state index is 12.1. The van der Waals surface area contributed by atoms with Crippen LogP contribution in [0.5, 0.6) is 0 Å². The van der Waals surface area contributed by atoms with Crippen molar-refractivity contribution in [3.05, 3.63) is 29.8 Å². The van der Waals surface area contributed by atoms with Gasteiger partial charge in [-0.2, -0.15) is 0 Å². The molecular weight excluding hydrogens is 278 g/mol. The molecule has 1 aromatic carbocycles. The molecule has 20 heavy (non-hydrogen) atoms. The third kappa shape index (κ3) is 4.61. The summed E-state index contributed by atoms with van der Waals surface area (Å²) in [5, 5.41) is 0. The number of hydrogen-bond acceptors (Lipinski definition) is 4. The van der Waals surface area contributed by atoms with Gasteiger partial charge in [-0.3, -0.25) is 4.79 Å². The van der Waals surface area contributed by atoms with Crippen molar-refractivity contribution in [2.45, 2.75) is 44.0 Å². The Hall–Kier alpha value is -1.40. The number of esters is 1. The first-order chi connectivity index (χ1) is 9.42. The minimum Gasteiger partial charge on any atom is -0.469 e. The van der Waals surface area contributed by atoms with Crippen LogP contribution >= 0.6 is 0 Å². The average molecular weight is 299 g/mol. The molecule has 0 aliphatic heterocycles. The standard InChI is InChI=1S/C14H21NO4S/c1-4-12(5-2)15-20(17,18)13-8-6-11(7-9-13)10-14(16)19-3/h6-9,12,15H,4-5,10H2,1-3H3. The molecular formula is C14H21NO4S. The maximum Gasteiger partial charge on any atom is 0.309 e. The first-order valence-electron chi connectivity index (χ1n) is 6.61. The van der Waals surface area contributed by atoms with E-state index in [-0.39, 0.29) is 23.3 Å². The van der Waals surface area contributed by atoms with Crippen LogP contribution in [-0.2, 0) is 26.0 Å². The highest BCUT2D eigenvalue weighted by atomic mass is 32.2. The zero-order valence-electron chi connectivity index (χ0n) is 12.0. The largest absolute Gasteiger partial charge is 0.469 e. The molecule has 0 radical (unpaired) electrons. The zero-order valence-corrected chi connectivity index (χ0v) is 12.9. The Balaban J connectivity index is 2.84. The Bertz CT molecular complexity index is 533. The summed E-state index contributed by atoms with van der Waals surface area (Å²) < 4.78 is 31.5. The van der Waals surface area contributed by atoms with Crippen molar-refractivity contribution in [3.63, 3.8) is 0 Å². The van der Waals surface area contributed by atoms with E-state index in [1.54, 1.807) is 12.1 Å². The third-order valence-electron chi connectivity index (χ3n) is 3.12. The number of carbonyl (C=O) groups is 1. The fraction of sp³-hybridized carbons (Fsp3) is 0.500. The number of benzene rings is 1. The summed E-state index contributed by atoms with van der Waals surface area (Å²) in [6.07, 6.45) is 1.63. The molecule has 0 saturated heterocycles. The van der Waals surface area contributed by atoms with Gasteiger partial charge >= 0.3 is 5.97 Å². The summed E-state index contributed by atoms with van der Waals surface area (Å²) in [5.74, 6) is -0.351. The van der Waals surface area contributed by atoms with E-state index in [2.05, 4.69) is 9.46 Å². The molecule has 112 valence electrons. The highest BCUT2D eigenvalue weighted by molar-refractivity contribution is 7.89. The van der Waals surface area contributed by atoms with E-state index in [9.17, 15) is 13.2 Å². The first kappa shape index (κ1) is 16.7. The van der Waals surface area contributed by atoms with Gasteiger partial charge in [-0.15, -0.1) is 0 Å². The van der Waals surface area contributed by atoms with E-state index in [4.69, 9.17) is 0 Å². The van der Waals surface area contributed by atoms with Crippen LogP contribution in [-0.4, -0.2) is 27.5 Å². The van der Waals surface area contributed by atoms with Crippen molar-refractivity contribution in [2.75, 3.05) is 7.11 Å². The van der Waals surface area contributed by atoms with Crippen molar-refractivity contribution < 1.29 is 17.9 Å². The molecule has 1 rings (SSSR count). The molecule has 1 aromatic rings. The highest BCUT2D eigenvalue weighted by Gasteiger charge is 2.17. The number of ether oxygens (including phenoxy) is 1. The molecule has 0 bridgehead atoms. The number of nitrogens with one attached hydrogen (secondary N) is 1. The summed E-state index contributed by atoms with van der Waals surface area (Å²) in [4.78, 5) is 11.3. The number of hydrogen-bond donors (Lipinski definition) is 1. The molecule has 0 unspecified atom stereocenters. The monoisotopic (exact) mass is 299 g/mol. The minimum absolute atomic E-state index is 0.0604. The van der Waals surface area contributed by atoms with Crippen molar-refractivity contribution in [1.29, 1.82) is 0 Å². The lowest BCUT2D eigenvalue weighted by Gasteiger charge is -2.15. The minimum atomic E-state index is -3.50. The quantitative estimate of drug-likeness (QED) is 0.780. The van der Waals surface area contributed by atoms with Gasteiger partial charge in [-0.05, 0) is 30.5 Å². The van der Waals surface area contributed by atoms with E-state index >= 15 is 0 Å². The van der Waals surface area contributed by atoms with Gasteiger partial charge in [-0.25, -0.2) is 13.1 Å². The second-order valence-corrected chi connectivity index (χ2v) is 6.25. The molecule has 1 N–H and O–H groups in total. The summed E-state index contributed by atoms with van der Waals surface area (Å²) in [6, 6.07) is 6.19. The molecule has 0 atom stereocenters. The van der Waals surface area contributed by atoms with Crippen molar-refractivity contribution in [2.24, 2.45) is 0 Å². The van der Waals surface area contributed by atoms with Crippen LogP contribution in [0, 0.1) is 0 Å². The summed E-state index contributed by atoms with van der Waals surface area (Å²) in [7, 11) is -2.18. The molecule has 0 amide bonds. The lowest BCUT2D eigenvalue weighted by Crippen LogP contribution is -2.33. The average Bonchev–Trinajstić information content (AvgIpc) is 2.45. The van der Waals surface area contributed by atoms with Crippen LogP contribution in [0.2, 0.25) is 0 Å². The van der Waals surface area contributed by atoms with Crippen molar-refractivity contribution in [1.82, 2.24) is 4.72 Å². The maximum atomic E-state index is 12.1. The predicted molar refractivity (Wildman–Crippen MR) is 76.9 cm³/mol. The number of carbonyl (C=O) groups excluding carboxylic acids is 1. The molecule has 0 aromatic heterocycles. The van der Waals surface area contributed by atoms with E-state index in [0.717, 1.165) is 18.4 Å². The van der Waals surface area contributed by atoms with Crippen molar-refractivity contribution in [3.8, 4) is 0 Å². The van der Waals surface area contributed by atoms with Gasteiger partial charge in [-0.1, -0.05) is 26.0 Å². The van der Waals surface area contributed by atoms with Gasteiger partial charge in [0.05, 0.1) is 18.4 Å². The number of rotatable bonds is 7. The van der Waals surface area contributed by atoms with E-state index in [1.807, 2.05) is 13.8 Å². The highest BCUT2D eigenvalue weighted by Crippen LogP contribution is 2.13. The fourth-order valence-electron chi connectivity index (χ4n) is 1.77. The lowest BCUT2D eigenvalue weighted by molar-refractivity contribution is -0.139. The molecule has 5 nitrogen and oxygen atoms in total. The Kier molecular flexibility index (Phi) is 6.16. The predicted octanol–water partition coefficient (Wildman–Crippen LogP) is 1.87. The van der Waals surface area contributed by atoms with Crippen LogP contribution in [0.15, 0.2) is 29.2 Å². The Morgan fingerprint density at radius 2 is 1.75 bits per heavy atom. The summed E-state index contributed by atoms with van der Waals surface area (Å²) in [6.45, 7) is 3.88. The summed E-state index contributed by atoms with van der Waals surface area (Å²) >= 11 is 0. The molecule has 0 spiro atoms. The number of methoxy groups -OCH3 is 1. The molecule has 6 heteroatoms. The Morgan fingerprint density at radius 1 is 1.20 bits per heavy atom. The molecule has 0 aliphatic rings. The second kappa shape index (κ2) is 7.40. The van der Waals surface area contributed by atoms with Crippen molar-refractivity contribution >= 4 is 16.0 Å². The topological polar surface area (TPSA) is 72.5 Å². The van der Waals surface area contributed by atoms with Gasteiger partial charge in [0.15, 0.2) is 0 Å². The van der Waals surface area contributed by atoms with Gasteiger partial charge in [0, 0.05) is 6.04 Å². The van der Waals surface area contributed by atoms with Crippen LogP contribution in [0.4, 0.5) is 0 Å². The molecule has 0 heterocycles. The Morgan fingerprint density at radius 3 is 2.20 bits per heavy atom. The van der Waals surface area contributed by atoms with E-state index in [0.29, 0.717) is 0 Å². The molecule has 0 aliphatic carbocycles. The van der Waals surface area contributed by atoms with Crippen LogP contribution in [0.25, 0.3) is 0 Å². The molecule has 0 saturated carbocycles. The first-order valence-corrected chi connectivity index (χ1v) is 8.09. The van der Waals surface area contributed by atoms with Gasteiger partial charge in [0.25, 0.3) is 0 Å². The molecule has 0 fully saturated rings. The van der Waals surface area contributed by atoms with E-state index in [1.165, 1.54) is 19.2 Å². The lowest BCUT2D eigenvalue weighted by atomic mass is 10.2.